The first-order valence-corrected chi connectivity index (χ1v) is 11.1. The van der Waals surface area contributed by atoms with Gasteiger partial charge in [-0.2, -0.15) is 4.57 Å². The number of hydrogen-bond donors (Lipinski definition) is 0. The lowest BCUT2D eigenvalue weighted by molar-refractivity contribution is -0.633. The summed E-state index contributed by atoms with van der Waals surface area (Å²) in [6.07, 6.45) is 9.49. The summed E-state index contributed by atoms with van der Waals surface area (Å²) in [4.78, 5) is 0. The molecule has 1 nitrogen and oxygen atoms in total. The highest BCUT2D eigenvalue weighted by Crippen LogP contribution is 2.37. The van der Waals surface area contributed by atoms with Crippen LogP contribution in [0.15, 0.2) is 42.5 Å². The van der Waals surface area contributed by atoms with Crippen LogP contribution in [-0.2, 0) is 19.9 Å². The first-order chi connectivity index (χ1) is 13.6. The molecular formula is C27H32N+. The van der Waals surface area contributed by atoms with E-state index < -0.39 is 0 Å². The minimum atomic E-state index is 0.878. The Morgan fingerprint density at radius 1 is 0.857 bits per heavy atom. The van der Waals surface area contributed by atoms with Gasteiger partial charge in [-0.25, -0.2) is 0 Å². The molecular weight excluding hydrogens is 338 g/mol. The Hall–Kier alpha value is -2.15. The van der Waals surface area contributed by atoms with E-state index in [2.05, 4.69) is 67.9 Å². The highest BCUT2D eigenvalue weighted by molar-refractivity contribution is 5.82. The number of para-hydroxylation sites is 1. The topological polar surface area (TPSA) is 3.88 Å². The van der Waals surface area contributed by atoms with E-state index in [4.69, 9.17) is 0 Å². The quantitative estimate of drug-likeness (QED) is 0.412. The number of pyridine rings is 1. The van der Waals surface area contributed by atoms with Gasteiger partial charge in [-0.15, -0.1) is 0 Å². The molecule has 1 fully saturated rings. The Morgan fingerprint density at radius 2 is 1.61 bits per heavy atom. The van der Waals surface area contributed by atoms with E-state index in [-0.39, 0.29) is 0 Å². The van der Waals surface area contributed by atoms with Gasteiger partial charge in [-0.3, -0.25) is 0 Å². The number of aryl methyl sites for hydroxylation is 3. The lowest BCUT2D eigenvalue weighted by Gasteiger charge is -2.28. The highest BCUT2D eigenvalue weighted by atomic mass is 14.9. The fourth-order valence-electron chi connectivity index (χ4n) is 5.71. The molecule has 0 radical (unpaired) electrons. The van der Waals surface area contributed by atoms with Crippen molar-refractivity contribution < 1.29 is 4.57 Å². The van der Waals surface area contributed by atoms with Gasteiger partial charge in [0, 0.05) is 23.1 Å². The summed E-state index contributed by atoms with van der Waals surface area (Å²) < 4.78 is 2.42. The second kappa shape index (κ2) is 7.03. The van der Waals surface area contributed by atoms with Gasteiger partial charge in [0.2, 0.25) is 11.2 Å². The van der Waals surface area contributed by atoms with Gasteiger partial charge in [0.15, 0.2) is 0 Å². The molecule has 3 aromatic rings. The minimum Gasteiger partial charge on any atom is -0.194 e. The Labute approximate surface area is 169 Å². The van der Waals surface area contributed by atoms with Gasteiger partial charge in [-0.1, -0.05) is 31.0 Å². The zero-order valence-electron chi connectivity index (χ0n) is 17.6. The normalized spacial score (nSPS) is 21.8. The lowest BCUT2D eigenvalue weighted by Crippen LogP contribution is -2.33. The number of hydrogen-bond acceptors (Lipinski definition) is 0. The molecule has 6 rings (SSSR count). The highest BCUT2D eigenvalue weighted by Gasteiger charge is 2.25. The van der Waals surface area contributed by atoms with Crippen LogP contribution in [0, 0.1) is 25.7 Å². The van der Waals surface area contributed by atoms with Gasteiger partial charge < -0.3 is 0 Å². The second-order valence-corrected chi connectivity index (χ2v) is 9.35. The van der Waals surface area contributed by atoms with E-state index in [0.717, 1.165) is 11.8 Å². The number of benzene rings is 2. The van der Waals surface area contributed by atoms with E-state index in [1.54, 1.807) is 0 Å². The first kappa shape index (κ1) is 17.9. The molecule has 1 saturated carbocycles. The van der Waals surface area contributed by atoms with Gasteiger partial charge in [0.25, 0.3) is 0 Å². The van der Waals surface area contributed by atoms with Crippen molar-refractivity contribution in [1.29, 1.82) is 0 Å². The Kier molecular flexibility index (Phi) is 4.50. The Morgan fingerprint density at radius 3 is 2.43 bits per heavy atom. The van der Waals surface area contributed by atoms with E-state index in [0.29, 0.717) is 0 Å². The summed E-state index contributed by atoms with van der Waals surface area (Å²) in [6, 6.07) is 16.4. The Balaban J connectivity index is 1.78. The van der Waals surface area contributed by atoms with Gasteiger partial charge >= 0.3 is 0 Å². The van der Waals surface area contributed by atoms with Crippen LogP contribution < -0.4 is 4.57 Å². The molecule has 3 aliphatic carbocycles. The molecule has 0 saturated heterocycles. The van der Waals surface area contributed by atoms with Gasteiger partial charge in [0.05, 0.1) is 0 Å². The molecule has 6 bridgehead atoms. The number of nitrogens with zero attached hydrogens (tertiary/aromatic N) is 1. The third-order valence-electron chi connectivity index (χ3n) is 7.60. The maximum absolute atomic E-state index is 2.50. The Bertz CT molecular complexity index is 1040. The second-order valence-electron chi connectivity index (χ2n) is 9.35. The molecule has 0 unspecified atom stereocenters. The van der Waals surface area contributed by atoms with E-state index >= 15 is 0 Å². The molecule has 1 heteroatoms. The summed E-state index contributed by atoms with van der Waals surface area (Å²) in [5.41, 5.74) is 10.1. The summed E-state index contributed by atoms with van der Waals surface area (Å²) in [7, 11) is 2.24. The average molecular weight is 371 g/mol. The zero-order valence-corrected chi connectivity index (χ0v) is 17.6. The molecule has 28 heavy (non-hydrogen) atoms. The van der Waals surface area contributed by atoms with Crippen LogP contribution in [0.4, 0.5) is 0 Å². The fraction of sp³-hybridized carbons (Fsp3) is 0.444. The van der Waals surface area contributed by atoms with Gasteiger partial charge in [0.1, 0.15) is 7.05 Å². The standard InChI is InChI=1S/C27H32N/c1-18-14-22-15-21-10-8-20(9-11-21)12-13-23-17-27(25(16-22)19(18)2)28(3)26-7-5-4-6-24(23)26/h4-7,14,16-17,20-21H,8-13,15H2,1-3H3/q+1. The van der Waals surface area contributed by atoms with Crippen molar-refractivity contribution in [2.45, 2.75) is 58.8 Å². The minimum absolute atomic E-state index is 0.878. The molecule has 0 amide bonds. The molecule has 144 valence electrons. The molecule has 0 atom stereocenters. The smallest absolute Gasteiger partial charge is 0.194 e. The van der Waals surface area contributed by atoms with E-state index in [1.807, 2.05) is 0 Å². The van der Waals surface area contributed by atoms with Crippen molar-refractivity contribution in [3.05, 3.63) is 64.7 Å². The van der Waals surface area contributed by atoms with Crippen LogP contribution in [0.5, 0.6) is 0 Å². The molecule has 1 heterocycles. The SMILES string of the molecule is Cc1cc2cc(c1C)-c1cc(c3ccccc3[n+]1C)CCC1CCC(CC1)C2. The molecule has 0 spiro atoms. The van der Waals surface area contributed by atoms with Crippen LogP contribution >= 0.6 is 0 Å². The fourth-order valence-corrected chi connectivity index (χ4v) is 5.71. The van der Waals surface area contributed by atoms with Crippen LogP contribution in [0.2, 0.25) is 0 Å². The molecule has 2 aromatic carbocycles. The van der Waals surface area contributed by atoms with E-state index in [9.17, 15) is 0 Å². The van der Waals surface area contributed by atoms with Crippen molar-refractivity contribution in [2.75, 3.05) is 0 Å². The van der Waals surface area contributed by atoms with Gasteiger partial charge in [-0.05, 0) is 92.2 Å². The van der Waals surface area contributed by atoms with Crippen molar-refractivity contribution in [2.24, 2.45) is 18.9 Å². The summed E-state index contributed by atoms with van der Waals surface area (Å²) in [5.74, 6) is 1.79. The lowest BCUT2D eigenvalue weighted by atomic mass is 9.77. The van der Waals surface area contributed by atoms with Crippen molar-refractivity contribution >= 4 is 10.9 Å². The molecule has 0 aliphatic heterocycles. The third kappa shape index (κ3) is 3.05. The number of rotatable bonds is 0. The van der Waals surface area contributed by atoms with Crippen molar-refractivity contribution in [3.8, 4) is 11.3 Å². The summed E-state index contributed by atoms with van der Waals surface area (Å²) in [6.45, 7) is 4.59. The number of fused-ring (bicyclic) bond motifs is 4. The summed E-state index contributed by atoms with van der Waals surface area (Å²) >= 11 is 0. The third-order valence-corrected chi connectivity index (χ3v) is 7.60. The van der Waals surface area contributed by atoms with Crippen LogP contribution in [-0.4, -0.2) is 0 Å². The largest absolute Gasteiger partial charge is 0.213 e. The molecule has 0 N–H and O–H groups in total. The average Bonchev–Trinajstić information content (AvgIpc) is 2.72. The van der Waals surface area contributed by atoms with Crippen LogP contribution in [0.3, 0.4) is 0 Å². The predicted molar refractivity (Wildman–Crippen MR) is 118 cm³/mol. The zero-order chi connectivity index (χ0) is 19.3. The van der Waals surface area contributed by atoms with Crippen molar-refractivity contribution in [3.63, 3.8) is 0 Å². The first-order valence-electron chi connectivity index (χ1n) is 11.1. The molecule has 1 aromatic heterocycles. The van der Waals surface area contributed by atoms with Crippen LogP contribution in [0.1, 0.15) is 54.4 Å². The predicted octanol–water partition coefficient (Wildman–Crippen LogP) is 6.24. The monoisotopic (exact) mass is 370 g/mol. The molecule has 3 aliphatic rings. The summed E-state index contributed by atoms with van der Waals surface area (Å²) in [5, 5.41) is 1.43. The number of aromatic nitrogens is 1. The maximum Gasteiger partial charge on any atom is 0.213 e. The van der Waals surface area contributed by atoms with E-state index in [1.165, 1.54) is 89.4 Å². The maximum atomic E-state index is 2.50. The van der Waals surface area contributed by atoms with Crippen molar-refractivity contribution in [1.82, 2.24) is 0 Å². The van der Waals surface area contributed by atoms with Crippen LogP contribution in [0.25, 0.3) is 22.2 Å².